The molecule has 0 N–H and O–H groups in total. The average Bonchev–Trinajstić information content (AvgIpc) is 2.78. The molecule has 0 aromatic rings. The van der Waals surface area contributed by atoms with Crippen molar-refractivity contribution in [3.05, 3.63) is 12.2 Å². The van der Waals surface area contributed by atoms with Gasteiger partial charge in [-0.25, -0.2) is 0 Å². The van der Waals surface area contributed by atoms with Crippen LogP contribution in [0.4, 0.5) is 0 Å². The maximum absolute atomic E-state index is 12.6. The normalized spacial score (nSPS) is 50.0. The fraction of sp³-hybridized carbons (Fsp3) is 0.810. The van der Waals surface area contributed by atoms with Gasteiger partial charge in [-0.1, -0.05) is 26.0 Å². The summed E-state index contributed by atoms with van der Waals surface area (Å²) in [6.07, 6.45) is 12.0. The van der Waals surface area contributed by atoms with Crippen molar-refractivity contribution in [1.29, 1.82) is 0 Å². The van der Waals surface area contributed by atoms with Gasteiger partial charge in [0.2, 0.25) is 0 Å². The van der Waals surface area contributed by atoms with Gasteiger partial charge in [-0.2, -0.15) is 0 Å². The Hall–Kier alpha value is -1.12. The van der Waals surface area contributed by atoms with Gasteiger partial charge in [0, 0.05) is 18.8 Å². The molecule has 24 heavy (non-hydrogen) atoms. The first-order valence-corrected chi connectivity index (χ1v) is 9.71. The number of esters is 1. The number of Topliss-reactive ketones (excluding diaryl/α,β-unsaturated/α-hetero) is 1. The van der Waals surface area contributed by atoms with Gasteiger partial charge in [0.1, 0.15) is 0 Å². The van der Waals surface area contributed by atoms with E-state index in [4.69, 9.17) is 4.74 Å². The zero-order valence-electron chi connectivity index (χ0n) is 15.2. The second kappa shape index (κ2) is 5.44. The number of ether oxygens (including phenoxy) is 1. The monoisotopic (exact) mass is 330 g/mol. The van der Waals surface area contributed by atoms with E-state index in [0.717, 1.165) is 18.3 Å². The fourth-order valence-corrected chi connectivity index (χ4v) is 6.95. The highest BCUT2D eigenvalue weighted by atomic mass is 16.5. The van der Waals surface area contributed by atoms with Gasteiger partial charge in [0.15, 0.2) is 11.9 Å². The smallest absolute Gasteiger partial charge is 0.303 e. The molecule has 0 aliphatic heterocycles. The summed E-state index contributed by atoms with van der Waals surface area (Å²) in [5.41, 5.74) is 0.263. The fourth-order valence-electron chi connectivity index (χ4n) is 6.95. The van der Waals surface area contributed by atoms with Crippen molar-refractivity contribution < 1.29 is 14.3 Å². The third-order valence-corrected chi connectivity index (χ3v) is 8.24. The van der Waals surface area contributed by atoms with Crippen molar-refractivity contribution in [3.8, 4) is 0 Å². The van der Waals surface area contributed by atoms with E-state index >= 15 is 0 Å². The lowest BCUT2D eigenvalue weighted by Crippen LogP contribution is -2.53. The number of rotatable bonds is 1. The molecule has 4 aliphatic rings. The summed E-state index contributed by atoms with van der Waals surface area (Å²) >= 11 is 0. The number of hydrogen-bond donors (Lipinski definition) is 0. The summed E-state index contributed by atoms with van der Waals surface area (Å²) in [5, 5.41) is 0. The van der Waals surface area contributed by atoms with Crippen LogP contribution in [0.25, 0.3) is 0 Å². The molecule has 4 rings (SSSR count). The summed E-state index contributed by atoms with van der Waals surface area (Å²) in [6, 6.07) is 0. The Balaban J connectivity index is 1.64. The Kier molecular flexibility index (Phi) is 3.71. The standard InChI is InChI=1S/C21H30O3/c1-13(22)24-19-18(23)12-17-15-8-7-14-6-4-5-10-20(14,2)16(15)9-11-21(17,19)3/h4-5,14-17,19H,6-12H2,1-3H3. The second-order valence-corrected chi connectivity index (χ2v) is 9.27. The topological polar surface area (TPSA) is 43.4 Å². The van der Waals surface area contributed by atoms with E-state index in [2.05, 4.69) is 26.0 Å². The van der Waals surface area contributed by atoms with E-state index in [-0.39, 0.29) is 17.2 Å². The molecule has 7 unspecified atom stereocenters. The Morgan fingerprint density at radius 3 is 2.67 bits per heavy atom. The number of fused-ring (bicyclic) bond motifs is 5. The molecule has 0 aromatic heterocycles. The number of allylic oxidation sites excluding steroid dienone is 2. The molecular formula is C21H30O3. The SMILES string of the molecule is CC(=O)OC1C(=O)CC2C3CCC4CC=CCC4(C)C3CCC12C. The van der Waals surface area contributed by atoms with Crippen LogP contribution >= 0.6 is 0 Å². The van der Waals surface area contributed by atoms with Gasteiger partial charge in [-0.3, -0.25) is 9.59 Å². The molecule has 3 fully saturated rings. The molecule has 0 radical (unpaired) electrons. The number of hydrogen-bond acceptors (Lipinski definition) is 3. The third kappa shape index (κ3) is 2.16. The first-order valence-electron chi connectivity index (χ1n) is 9.71. The largest absolute Gasteiger partial charge is 0.454 e. The Bertz CT molecular complexity index is 594. The van der Waals surface area contributed by atoms with Gasteiger partial charge in [-0.05, 0) is 67.6 Å². The maximum atomic E-state index is 12.6. The number of ketones is 1. The van der Waals surface area contributed by atoms with Crippen molar-refractivity contribution in [2.75, 3.05) is 0 Å². The minimum atomic E-state index is -0.502. The summed E-state index contributed by atoms with van der Waals surface area (Å²) in [7, 11) is 0. The molecule has 132 valence electrons. The van der Waals surface area contributed by atoms with Crippen molar-refractivity contribution in [1.82, 2.24) is 0 Å². The number of carbonyl (C=O) groups excluding carboxylic acids is 2. The lowest BCUT2D eigenvalue weighted by atomic mass is 9.46. The molecule has 4 aliphatic carbocycles. The van der Waals surface area contributed by atoms with E-state index in [9.17, 15) is 9.59 Å². The Morgan fingerprint density at radius 1 is 1.12 bits per heavy atom. The van der Waals surface area contributed by atoms with Crippen molar-refractivity contribution in [2.45, 2.75) is 71.8 Å². The van der Waals surface area contributed by atoms with Crippen molar-refractivity contribution in [3.63, 3.8) is 0 Å². The van der Waals surface area contributed by atoms with Crippen LogP contribution in [0, 0.1) is 34.5 Å². The number of carbonyl (C=O) groups is 2. The predicted octanol–water partition coefficient (Wildman–Crippen LogP) is 4.31. The Labute approximate surface area is 145 Å². The summed E-state index contributed by atoms with van der Waals surface area (Å²) in [4.78, 5) is 24.1. The highest BCUT2D eigenvalue weighted by Gasteiger charge is 2.62. The van der Waals surface area contributed by atoms with E-state index in [1.165, 1.54) is 39.0 Å². The first kappa shape index (κ1) is 16.4. The molecular weight excluding hydrogens is 300 g/mol. The van der Waals surface area contributed by atoms with Crippen LogP contribution in [-0.2, 0) is 14.3 Å². The summed E-state index contributed by atoms with van der Waals surface area (Å²) in [5.74, 6) is 2.41. The minimum absolute atomic E-state index is 0.141. The molecule has 3 nitrogen and oxygen atoms in total. The van der Waals surface area contributed by atoms with E-state index in [1.54, 1.807) is 0 Å². The summed E-state index contributed by atoms with van der Waals surface area (Å²) in [6.45, 7) is 6.14. The molecule has 0 spiro atoms. The lowest BCUT2D eigenvalue weighted by Gasteiger charge is -2.59. The average molecular weight is 330 g/mol. The Morgan fingerprint density at radius 2 is 1.92 bits per heavy atom. The second-order valence-electron chi connectivity index (χ2n) is 9.27. The van der Waals surface area contributed by atoms with Crippen LogP contribution in [0.1, 0.15) is 65.7 Å². The third-order valence-electron chi connectivity index (χ3n) is 8.24. The molecule has 3 heteroatoms. The molecule has 0 saturated heterocycles. The zero-order chi connectivity index (χ0) is 17.1. The van der Waals surface area contributed by atoms with Gasteiger partial charge in [0.05, 0.1) is 0 Å². The molecule has 7 atom stereocenters. The van der Waals surface area contributed by atoms with Crippen LogP contribution in [0.15, 0.2) is 12.2 Å². The quantitative estimate of drug-likeness (QED) is 0.531. The molecule has 3 saturated carbocycles. The van der Waals surface area contributed by atoms with Gasteiger partial charge >= 0.3 is 5.97 Å². The first-order chi connectivity index (χ1) is 11.4. The van der Waals surface area contributed by atoms with Gasteiger partial charge in [-0.15, -0.1) is 0 Å². The molecule has 0 bridgehead atoms. The predicted molar refractivity (Wildman–Crippen MR) is 92.2 cm³/mol. The van der Waals surface area contributed by atoms with Crippen molar-refractivity contribution in [2.24, 2.45) is 34.5 Å². The van der Waals surface area contributed by atoms with E-state index in [0.29, 0.717) is 23.7 Å². The van der Waals surface area contributed by atoms with E-state index < -0.39 is 6.10 Å². The van der Waals surface area contributed by atoms with Crippen LogP contribution in [0.2, 0.25) is 0 Å². The molecule has 0 aromatic carbocycles. The minimum Gasteiger partial charge on any atom is -0.454 e. The van der Waals surface area contributed by atoms with Crippen LogP contribution in [-0.4, -0.2) is 17.9 Å². The molecule has 0 heterocycles. The highest BCUT2D eigenvalue weighted by molar-refractivity contribution is 5.89. The maximum Gasteiger partial charge on any atom is 0.303 e. The lowest BCUT2D eigenvalue weighted by molar-refractivity contribution is -0.163. The van der Waals surface area contributed by atoms with Gasteiger partial charge in [0.25, 0.3) is 0 Å². The molecule has 0 amide bonds. The van der Waals surface area contributed by atoms with E-state index in [1.807, 2.05) is 0 Å². The highest BCUT2D eigenvalue weighted by Crippen LogP contribution is 2.65. The van der Waals surface area contributed by atoms with Crippen molar-refractivity contribution >= 4 is 11.8 Å². The van der Waals surface area contributed by atoms with Crippen LogP contribution < -0.4 is 0 Å². The van der Waals surface area contributed by atoms with Crippen LogP contribution in [0.5, 0.6) is 0 Å². The van der Waals surface area contributed by atoms with Crippen LogP contribution in [0.3, 0.4) is 0 Å². The summed E-state index contributed by atoms with van der Waals surface area (Å²) < 4.78 is 5.51. The zero-order valence-corrected chi connectivity index (χ0v) is 15.2. The van der Waals surface area contributed by atoms with Gasteiger partial charge < -0.3 is 4.74 Å².